The number of hydrogen-bond acceptors (Lipinski definition) is 3. The van der Waals surface area contributed by atoms with Crippen LogP contribution in [0.2, 0.25) is 0 Å². The van der Waals surface area contributed by atoms with Crippen LogP contribution in [0.4, 0.5) is 0 Å². The van der Waals surface area contributed by atoms with Gasteiger partial charge in [0.2, 0.25) is 0 Å². The van der Waals surface area contributed by atoms with E-state index in [1.807, 2.05) is 24.1 Å². The molecule has 0 aliphatic heterocycles. The van der Waals surface area contributed by atoms with E-state index in [9.17, 15) is 0 Å². The predicted molar refractivity (Wildman–Crippen MR) is 83.7 cm³/mol. The molecule has 0 fully saturated rings. The second kappa shape index (κ2) is 6.54. The standard InChI is InChI=1S/C14H22BrN5/c1-5-6-16-13(11-7-17-19(4)9-11)14-12(15)8-18-20(14)10(2)3/h7-10,13,16H,5-6H2,1-4H3. The molecule has 20 heavy (non-hydrogen) atoms. The molecule has 0 bridgehead atoms. The van der Waals surface area contributed by atoms with Gasteiger partial charge in [-0.1, -0.05) is 6.92 Å². The highest BCUT2D eigenvalue weighted by Gasteiger charge is 2.23. The normalized spacial score (nSPS) is 13.1. The molecule has 0 spiro atoms. The van der Waals surface area contributed by atoms with Gasteiger partial charge in [-0.15, -0.1) is 0 Å². The average Bonchev–Trinajstić information content (AvgIpc) is 2.98. The molecule has 0 amide bonds. The van der Waals surface area contributed by atoms with Gasteiger partial charge in [-0.05, 0) is 42.7 Å². The molecule has 0 aliphatic carbocycles. The third kappa shape index (κ3) is 3.12. The van der Waals surface area contributed by atoms with Crippen LogP contribution in [0.3, 0.4) is 0 Å². The Balaban J connectivity index is 2.43. The Morgan fingerprint density at radius 2 is 2.05 bits per heavy atom. The summed E-state index contributed by atoms with van der Waals surface area (Å²) in [5, 5.41) is 12.4. The van der Waals surface area contributed by atoms with E-state index in [2.05, 4.69) is 63.1 Å². The molecule has 0 saturated carbocycles. The topological polar surface area (TPSA) is 47.7 Å². The Morgan fingerprint density at radius 3 is 2.60 bits per heavy atom. The highest BCUT2D eigenvalue weighted by atomic mass is 79.9. The largest absolute Gasteiger partial charge is 0.305 e. The molecule has 0 aromatic carbocycles. The van der Waals surface area contributed by atoms with Gasteiger partial charge in [0.1, 0.15) is 0 Å². The van der Waals surface area contributed by atoms with E-state index in [1.54, 1.807) is 0 Å². The third-order valence-corrected chi connectivity index (χ3v) is 3.82. The Bertz CT molecular complexity index is 558. The lowest BCUT2D eigenvalue weighted by Crippen LogP contribution is -2.26. The van der Waals surface area contributed by atoms with Crippen molar-refractivity contribution in [3.8, 4) is 0 Å². The fourth-order valence-electron chi connectivity index (χ4n) is 2.28. The van der Waals surface area contributed by atoms with Crippen LogP contribution in [0.25, 0.3) is 0 Å². The molecule has 0 aliphatic rings. The zero-order valence-electron chi connectivity index (χ0n) is 12.5. The van der Waals surface area contributed by atoms with Crippen molar-refractivity contribution in [2.45, 2.75) is 39.3 Å². The molecule has 0 saturated heterocycles. The van der Waals surface area contributed by atoms with Crippen LogP contribution in [-0.4, -0.2) is 26.1 Å². The third-order valence-electron chi connectivity index (χ3n) is 3.21. The molecule has 0 radical (unpaired) electrons. The monoisotopic (exact) mass is 339 g/mol. The number of aryl methyl sites for hydroxylation is 1. The Hall–Kier alpha value is -1.14. The maximum atomic E-state index is 4.48. The van der Waals surface area contributed by atoms with E-state index >= 15 is 0 Å². The lowest BCUT2D eigenvalue weighted by Gasteiger charge is -2.21. The van der Waals surface area contributed by atoms with Gasteiger partial charge >= 0.3 is 0 Å². The zero-order chi connectivity index (χ0) is 14.7. The van der Waals surface area contributed by atoms with Gasteiger partial charge in [0, 0.05) is 24.8 Å². The van der Waals surface area contributed by atoms with E-state index in [1.165, 1.54) is 0 Å². The number of nitrogens with zero attached hydrogens (tertiary/aromatic N) is 4. The summed E-state index contributed by atoms with van der Waals surface area (Å²) < 4.78 is 4.92. The summed E-state index contributed by atoms with van der Waals surface area (Å²) in [6.45, 7) is 7.41. The summed E-state index contributed by atoms with van der Waals surface area (Å²) >= 11 is 3.63. The second-order valence-electron chi connectivity index (χ2n) is 5.25. The first-order chi connectivity index (χ1) is 9.54. The maximum Gasteiger partial charge on any atom is 0.0790 e. The Morgan fingerprint density at radius 1 is 1.30 bits per heavy atom. The van der Waals surface area contributed by atoms with Crippen LogP contribution in [0.15, 0.2) is 23.1 Å². The molecule has 2 aromatic heterocycles. The van der Waals surface area contributed by atoms with Crippen LogP contribution < -0.4 is 5.32 Å². The SMILES string of the molecule is CCCNC(c1cnn(C)c1)c1c(Br)cnn1C(C)C. The lowest BCUT2D eigenvalue weighted by atomic mass is 10.1. The highest BCUT2D eigenvalue weighted by Crippen LogP contribution is 2.30. The summed E-state index contributed by atoms with van der Waals surface area (Å²) in [4.78, 5) is 0. The maximum absolute atomic E-state index is 4.48. The Labute approximate surface area is 128 Å². The van der Waals surface area contributed by atoms with Crippen molar-refractivity contribution in [3.05, 3.63) is 34.3 Å². The molecule has 110 valence electrons. The molecule has 5 nitrogen and oxygen atoms in total. The average molecular weight is 340 g/mol. The van der Waals surface area contributed by atoms with Crippen molar-refractivity contribution in [3.63, 3.8) is 0 Å². The zero-order valence-corrected chi connectivity index (χ0v) is 14.1. The van der Waals surface area contributed by atoms with Crippen molar-refractivity contribution in [2.24, 2.45) is 7.05 Å². The van der Waals surface area contributed by atoms with E-state index < -0.39 is 0 Å². The number of aromatic nitrogens is 4. The second-order valence-corrected chi connectivity index (χ2v) is 6.10. The van der Waals surface area contributed by atoms with Crippen LogP contribution in [-0.2, 0) is 7.05 Å². The van der Waals surface area contributed by atoms with Crippen molar-refractivity contribution >= 4 is 15.9 Å². The summed E-state index contributed by atoms with van der Waals surface area (Å²) in [6.07, 6.45) is 6.92. The van der Waals surface area contributed by atoms with Crippen molar-refractivity contribution in [1.29, 1.82) is 0 Å². The van der Waals surface area contributed by atoms with Crippen LogP contribution in [0.5, 0.6) is 0 Å². The number of halogens is 1. The predicted octanol–water partition coefficient (Wildman–Crippen LogP) is 3.05. The van der Waals surface area contributed by atoms with E-state index in [4.69, 9.17) is 0 Å². The van der Waals surface area contributed by atoms with Crippen LogP contribution in [0, 0.1) is 0 Å². The molecule has 1 atom stereocenters. The number of nitrogens with one attached hydrogen (secondary N) is 1. The minimum absolute atomic E-state index is 0.0999. The lowest BCUT2D eigenvalue weighted by molar-refractivity contribution is 0.470. The van der Waals surface area contributed by atoms with Gasteiger partial charge < -0.3 is 5.32 Å². The molecular formula is C14H22BrN5. The first-order valence-electron chi connectivity index (χ1n) is 6.99. The molecule has 6 heteroatoms. The van der Waals surface area contributed by atoms with Crippen molar-refractivity contribution in [1.82, 2.24) is 24.9 Å². The fourth-order valence-corrected chi connectivity index (χ4v) is 2.78. The van der Waals surface area contributed by atoms with Gasteiger partial charge in [0.05, 0.1) is 28.6 Å². The molecule has 2 heterocycles. The number of rotatable bonds is 6. The van der Waals surface area contributed by atoms with Crippen LogP contribution in [0.1, 0.15) is 50.5 Å². The van der Waals surface area contributed by atoms with Crippen molar-refractivity contribution in [2.75, 3.05) is 6.54 Å². The molecule has 2 aromatic rings. The Kier molecular flexibility index (Phi) is 4.99. The molecule has 2 rings (SSSR count). The van der Waals surface area contributed by atoms with Gasteiger partial charge in [0.25, 0.3) is 0 Å². The van der Waals surface area contributed by atoms with Gasteiger partial charge in [-0.2, -0.15) is 10.2 Å². The van der Waals surface area contributed by atoms with Gasteiger partial charge in [-0.25, -0.2) is 0 Å². The van der Waals surface area contributed by atoms with Crippen molar-refractivity contribution < 1.29 is 0 Å². The van der Waals surface area contributed by atoms with E-state index in [0.29, 0.717) is 6.04 Å². The fraction of sp³-hybridized carbons (Fsp3) is 0.571. The van der Waals surface area contributed by atoms with Gasteiger partial charge in [-0.3, -0.25) is 9.36 Å². The van der Waals surface area contributed by atoms with Crippen LogP contribution >= 0.6 is 15.9 Å². The summed E-state index contributed by atoms with van der Waals surface area (Å²) in [7, 11) is 1.94. The minimum Gasteiger partial charge on any atom is -0.305 e. The molecular weight excluding hydrogens is 318 g/mol. The molecule has 1 N–H and O–H groups in total. The first kappa shape index (κ1) is 15.3. The first-order valence-corrected chi connectivity index (χ1v) is 7.78. The minimum atomic E-state index is 0.0999. The smallest absolute Gasteiger partial charge is 0.0790 e. The number of hydrogen-bond donors (Lipinski definition) is 1. The van der Waals surface area contributed by atoms with E-state index in [-0.39, 0.29) is 6.04 Å². The summed E-state index contributed by atoms with van der Waals surface area (Å²) in [5.74, 6) is 0. The van der Waals surface area contributed by atoms with E-state index in [0.717, 1.165) is 28.7 Å². The van der Waals surface area contributed by atoms with Gasteiger partial charge in [0.15, 0.2) is 0 Å². The summed E-state index contributed by atoms with van der Waals surface area (Å²) in [6, 6.07) is 0.418. The summed E-state index contributed by atoms with van der Waals surface area (Å²) in [5.41, 5.74) is 2.31. The molecule has 1 unspecified atom stereocenters. The quantitative estimate of drug-likeness (QED) is 0.879. The highest BCUT2D eigenvalue weighted by molar-refractivity contribution is 9.10.